The van der Waals surface area contributed by atoms with Crippen molar-refractivity contribution in [2.24, 2.45) is 11.7 Å². The summed E-state index contributed by atoms with van der Waals surface area (Å²) in [5, 5.41) is 11.8. The van der Waals surface area contributed by atoms with Gasteiger partial charge in [-0.3, -0.25) is 0 Å². The number of hydrogen-bond acceptors (Lipinski definition) is 3. The van der Waals surface area contributed by atoms with E-state index in [2.05, 4.69) is 37.3 Å². The van der Waals surface area contributed by atoms with Gasteiger partial charge in [0.15, 0.2) is 0 Å². The summed E-state index contributed by atoms with van der Waals surface area (Å²) in [6, 6.07) is 12.4. The summed E-state index contributed by atoms with van der Waals surface area (Å²) in [5.41, 5.74) is 6.40. The Morgan fingerprint density at radius 2 is 1.74 bits per heavy atom. The van der Waals surface area contributed by atoms with Crippen LogP contribution in [0.3, 0.4) is 0 Å². The number of unbranched alkanes of at least 4 members (excludes halogenated alkanes) is 2. The molecule has 0 heterocycles. The average Bonchev–Trinajstić information content (AvgIpc) is 2.69. The molecule has 2 aromatic rings. The van der Waals surface area contributed by atoms with E-state index < -0.39 is 5.54 Å². The van der Waals surface area contributed by atoms with Crippen molar-refractivity contribution in [2.45, 2.75) is 76.9 Å². The molecule has 0 spiro atoms. The molecule has 3 nitrogen and oxygen atoms in total. The molecule has 1 unspecified atom stereocenters. The summed E-state index contributed by atoms with van der Waals surface area (Å²) in [6.07, 6.45) is 10.8. The minimum atomic E-state index is -0.709. The topological polar surface area (TPSA) is 55.5 Å². The second-order valence-electron chi connectivity index (χ2n) is 8.56. The van der Waals surface area contributed by atoms with Gasteiger partial charge in [-0.2, -0.15) is 0 Å². The van der Waals surface area contributed by atoms with Gasteiger partial charge in [-0.25, -0.2) is 0 Å². The van der Waals surface area contributed by atoms with E-state index in [4.69, 9.17) is 10.5 Å². The van der Waals surface area contributed by atoms with Crippen LogP contribution < -0.4 is 10.5 Å². The molecule has 0 bridgehead atoms. The van der Waals surface area contributed by atoms with Gasteiger partial charge in [0.05, 0.1) is 18.2 Å². The molecule has 1 fully saturated rings. The van der Waals surface area contributed by atoms with E-state index in [0.29, 0.717) is 6.10 Å². The Labute approximate surface area is 163 Å². The first-order valence-electron chi connectivity index (χ1n) is 10.6. The summed E-state index contributed by atoms with van der Waals surface area (Å²) in [6.45, 7) is 4.06. The van der Waals surface area contributed by atoms with Gasteiger partial charge < -0.3 is 15.6 Å². The molecule has 148 valence electrons. The number of nitrogens with two attached hydrogens (primary N) is 1. The van der Waals surface area contributed by atoms with Crippen molar-refractivity contribution in [3.05, 3.63) is 42.0 Å². The van der Waals surface area contributed by atoms with Crippen molar-refractivity contribution in [2.75, 3.05) is 6.61 Å². The fraction of sp³-hybridized carbons (Fsp3) is 0.583. The number of aliphatic hydroxyl groups is 1. The molecule has 0 radical (unpaired) electrons. The summed E-state index contributed by atoms with van der Waals surface area (Å²) in [4.78, 5) is 0. The zero-order chi connectivity index (χ0) is 19.3. The van der Waals surface area contributed by atoms with Crippen molar-refractivity contribution in [1.82, 2.24) is 0 Å². The molecule has 1 saturated carbocycles. The van der Waals surface area contributed by atoms with E-state index in [1.54, 1.807) is 0 Å². The third kappa shape index (κ3) is 5.24. The van der Waals surface area contributed by atoms with Gasteiger partial charge in [0.2, 0.25) is 0 Å². The summed E-state index contributed by atoms with van der Waals surface area (Å²) < 4.78 is 6.29. The van der Waals surface area contributed by atoms with Crippen LogP contribution in [0.25, 0.3) is 10.8 Å². The minimum absolute atomic E-state index is 0.0686. The highest BCUT2D eigenvalue weighted by Crippen LogP contribution is 2.32. The van der Waals surface area contributed by atoms with Gasteiger partial charge in [-0.1, -0.05) is 50.8 Å². The largest absolute Gasteiger partial charge is 0.490 e. The third-order valence-electron chi connectivity index (χ3n) is 6.11. The number of benzene rings is 2. The van der Waals surface area contributed by atoms with Gasteiger partial charge in [0.1, 0.15) is 5.75 Å². The maximum Gasteiger partial charge on any atom is 0.120 e. The highest BCUT2D eigenvalue weighted by atomic mass is 16.5. The van der Waals surface area contributed by atoms with E-state index >= 15 is 0 Å². The zero-order valence-corrected chi connectivity index (χ0v) is 16.9. The third-order valence-corrected chi connectivity index (χ3v) is 6.11. The Morgan fingerprint density at radius 1 is 1.04 bits per heavy atom. The molecule has 1 aliphatic rings. The molecule has 27 heavy (non-hydrogen) atoms. The van der Waals surface area contributed by atoms with E-state index in [1.807, 2.05) is 13.0 Å². The molecular formula is C24H35NO2. The van der Waals surface area contributed by atoms with Gasteiger partial charge in [-0.05, 0) is 73.1 Å². The van der Waals surface area contributed by atoms with Crippen molar-refractivity contribution in [3.63, 3.8) is 0 Å². The second kappa shape index (κ2) is 9.07. The Kier molecular flexibility index (Phi) is 6.78. The van der Waals surface area contributed by atoms with Crippen molar-refractivity contribution in [1.29, 1.82) is 0 Å². The molecule has 0 saturated heterocycles. The van der Waals surface area contributed by atoms with Crippen molar-refractivity contribution >= 4 is 10.8 Å². The number of ether oxygens (including phenoxy) is 1. The first-order chi connectivity index (χ1) is 13.0. The monoisotopic (exact) mass is 369 g/mol. The number of aliphatic hydroxyl groups excluding tert-OH is 1. The van der Waals surface area contributed by atoms with E-state index in [1.165, 1.54) is 51.4 Å². The van der Waals surface area contributed by atoms with Crippen molar-refractivity contribution in [3.8, 4) is 5.75 Å². The van der Waals surface area contributed by atoms with Crippen LogP contribution in [0.4, 0.5) is 0 Å². The van der Waals surface area contributed by atoms with Crippen LogP contribution in [0.2, 0.25) is 0 Å². The molecule has 3 rings (SSSR count). The maximum atomic E-state index is 9.48. The number of hydrogen-bond donors (Lipinski definition) is 2. The summed E-state index contributed by atoms with van der Waals surface area (Å²) >= 11 is 0. The van der Waals surface area contributed by atoms with Crippen LogP contribution in [0.5, 0.6) is 5.75 Å². The molecule has 3 heteroatoms. The van der Waals surface area contributed by atoms with Crippen LogP contribution in [-0.2, 0) is 5.54 Å². The first kappa shape index (κ1) is 20.2. The Bertz CT molecular complexity index is 732. The van der Waals surface area contributed by atoms with Crippen LogP contribution >= 0.6 is 0 Å². The zero-order valence-electron chi connectivity index (χ0n) is 16.9. The predicted molar refractivity (Wildman–Crippen MR) is 113 cm³/mol. The molecule has 0 aliphatic heterocycles. The Hall–Kier alpha value is -1.58. The smallest absolute Gasteiger partial charge is 0.120 e. The lowest BCUT2D eigenvalue weighted by molar-refractivity contribution is 0.128. The first-order valence-corrected chi connectivity index (χ1v) is 10.6. The summed E-state index contributed by atoms with van der Waals surface area (Å²) in [7, 11) is 0. The molecule has 0 aromatic heterocycles. The fourth-order valence-electron chi connectivity index (χ4n) is 4.16. The standard InChI is InChI=1S/C24H35NO2/c1-3-4-5-6-18-7-12-22(13-8-18)27-23-14-10-19-15-21(24(2,25)17-26)11-9-20(19)16-23/h9-11,14-16,18,22,26H,3-8,12-13,17,25H2,1-2H3. The van der Waals surface area contributed by atoms with E-state index in [9.17, 15) is 5.11 Å². The molecule has 1 aliphatic carbocycles. The van der Waals surface area contributed by atoms with Crippen LogP contribution in [0.1, 0.15) is 70.8 Å². The lowest BCUT2D eigenvalue weighted by Gasteiger charge is -2.29. The quantitative estimate of drug-likeness (QED) is 0.602. The second-order valence-corrected chi connectivity index (χ2v) is 8.56. The van der Waals surface area contributed by atoms with Crippen LogP contribution in [0, 0.1) is 5.92 Å². The highest BCUT2D eigenvalue weighted by Gasteiger charge is 2.23. The lowest BCUT2D eigenvalue weighted by Crippen LogP contribution is -2.36. The van der Waals surface area contributed by atoms with E-state index in [-0.39, 0.29) is 6.61 Å². The van der Waals surface area contributed by atoms with Gasteiger partial charge in [0.25, 0.3) is 0 Å². The summed E-state index contributed by atoms with van der Waals surface area (Å²) in [5.74, 6) is 1.87. The molecule has 2 aromatic carbocycles. The number of fused-ring (bicyclic) bond motifs is 1. The number of rotatable bonds is 8. The normalized spacial score (nSPS) is 22.5. The molecule has 0 amide bonds. The van der Waals surface area contributed by atoms with Crippen molar-refractivity contribution < 1.29 is 9.84 Å². The predicted octanol–water partition coefficient (Wildman–Crippen LogP) is 5.52. The average molecular weight is 370 g/mol. The van der Waals surface area contributed by atoms with E-state index in [0.717, 1.165) is 28.0 Å². The maximum absolute atomic E-state index is 9.48. The minimum Gasteiger partial charge on any atom is -0.490 e. The van der Waals surface area contributed by atoms with Gasteiger partial charge >= 0.3 is 0 Å². The molecule has 3 N–H and O–H groups in total. The van der Waals surface area contributed by atoms with Crippen LogP contribution in [0.15, 0.2) is 36.4 Å². The van der Waals surface area contributed by atoms with Gasteiger partial charge in [0, 0.05) is 0 Å². The van der Waals surface area contributed by atoms with Gasteiger partial charge in [-0.15, -0.1) is 0 Å². The molecular weight excluding hydrogens is 334 g/mol. The van der Waals surface area contributed by atoms with Crippen LogP contribution in [-0.4, -0.2) is 17.8 Å². The highest BCUT2D eigenvalue weighted by molar-refractivity contribution is 5.84. The lowest BCUT2D eigenvalue weighted by atomic mass is 9.84. The Balaban J connectivity index is 1.59. The molecule has 1 atom stereocenters. The SMILES string of the molecule is CCCCCC1CCC(Oc2ccc3cc(C(C)(N)CO)ccc3c2)CC1. The fourth-order valence-corrected chi connectivity index (χ4v) is 4.16. The Morgan fingerprint density at radius 3 is 2.44 bits per heavy atom.